The van der Waals surface area contributed by atoms with Gasteiger partial charge < -0.3 is 20.1 Å². The number of carbonyl (C=O) groups excluding carboxylic acids is 3. The third kappa shape index (κ3) is 3.74. The molecule has 1 saturated heterocycles. The molecule has 3 fully saturated rings. The number of rotatable bonds is 5. The van der Waals surface area contributed by atoms with Crippen LogP contribution in [0.15, 0.2) is 52.3 Å². The number of hydrogen-bond donors (Lipinski definition) is 3. The highest BCUT2D eigenvalue weighted by atomic mass is 32.2. The van der Waals surface area contributed by atoms with E-state index in [2.05, 4.69) is 10.3 Å². The maximum atomic E-state index is 13.7. The molecule has 4 aliphatic rings. The molecular weight excluding hydrogens is 550 g/mol. The summed E-state index contributed by atoms with van der Waals surface area (Å²) >= 11 is 2.78. The number of ether oxygens (including phenoxy) is 1. The number of benzene rings is 2. The molecule has 11 heteroatoms. The van der Waals surface area contributed by atoms with Crippen LogP contribution >= 0.6 is 23.1 Å². The number of aromatic hydroxyl groups is 1. The molecule has 3 heterocycles. The number of carbonyl (C=O) groups is 3. The normalized spacial score (nSPS) is 29.8. The SMILES string of the molecule is COc1cc(C2c3sc(=O)[nH]c3SC3C4CC(C5C(=O)N(CC(=O)Nc6ccc(C)cc6)C(=O)C45)C23)ccc1O. The topological polar surface area (TPSA) is 129 Å². The number of nitrogens with one attached hydrogen (secondary N) is 2. The second-order valence-electron chi connectivity index (χ2n) is 11.1. The van der Waals surface area contributed by atoms with E-state index in [-0.39, 0.29) is 57.9 Å². The van der Waals surface area contributed by atoms with Crippen LogP contribution in [0.2, 0.25) is 0 Å². The second-order valence-corrected chi connectivity index (χ2v) is 13.3. The number of aromatic nitrogens is 1. The number of H-pyrrole nitrogens is 1. The van der Waals surface area contributed by atoms with E-state index in [1.807, 2.05) is 25.1 Å². The molecule has 2 aliphatic carbocycles. The number of methoxy groups -OCH3 is 1. The van der Waals surface area contributed by atoms with Gasteiger partial charge in [0.25, 0.3) is 0 Å². The summed E-state index contributed by atoms with van der Waals surface area (Å²) in [6.45, 7) is 1.65. The van der Waals surface area contributed by atoms with Crippen LogP contribution < -0.4 is 14.9 Å². The highest BCUT2D eigenvalue weighted by Crippen LogP contribution is 2.68. The Hall–Kier alpha value is -3.57. The van der Waals surface area contributed by atoms with E-state index in [4.69, 9.17) is 4.74 Å². The molecule has 2 bridgehead atoms. The summed E-state index contributed by atoms with van der Waals surface area (Å²) in [5, 5.41) is 13.9. The van der Waals surface area contributed by atoms with Crippen LogP contribution in [0.1, 0.15) is 28.3 Å². The Kier molecular flexibility index (Phi) is 5.87. The first-order valence-electron chi connectivity index (χ1n) is 13.2. The smallest absolute Gasteiger partial charge is 0.305 e. The Labute approximate surface area is 237 Å². The molecule has 7 unspecified atom stereocenters. The summed E-state index contributed by atoms with van der Waals surface area (Å²) in [7, 11) is 1.49. The standard InChI is InChI=1S/C29H27N3O6S2/c1-12-3-6-14(7-4-12)30-19(34)11-32-27(35)22-15-10-16(23(22)28(32)36)24-21(15)20(25-26(39-24)31-29(37)40-25)13-5-8-17(33)18(9-13)38-2/h3-9,15-16,20-24,33H,10-11H2,1-2H3,(H,30,34)(H,31,37). The summed E-state index contributed by atoms with van der Waals surface area (Å²) in [6, 6.07) is 12.6. The number of phenols is 1. The Morgan fingerprint density at radius 2 is 1.82 bits per heavy atom. The van der Waals surface area contributed by atoms with Crippen molar-refractivity contribution in [3.05, 3.63) is 68.1 Å². The monoisotopic (exact) mass is 577 g/mol. The van der Waals surface area contributed by atoms with E-state index in [1.165, 1.54) is 18.4 Å². The number of fused-ring (bicyclic) bond motifs is 9. The van der Waals surface area contributed by atoms with Crippen molar-refractivity contribution in [1.29, 1.82) is 0 Å². The number of anilines is 1. The average Bonchev–Trinajstić information content (AvgIpc) is 3.66. The summed E-state index contributed by atoms with van der Waals surface area (Å²) in [5.41, 5.74) is 2.58. The zero-order valence-electron chi connectivity index (χ0n) is 21.7. The van der Waals surface area contributed by atoms with Gasteiger partial charge in [0.2, 0.25) is 17.7 Å². The van der Waals surface area contributed by atoms with Crippen LogP contribution in [0.4, 0.5) is 5.69 Å². The lowest BCUT2D eigenvalue weighted by atomic mass is 9.68. The quantitative estimate of drug-likeness (QED) is 0.396. The minimum atomic E-state index is -0.481. The zero-order valence-corrected chi connectivity index (χ0v) is 23.4. The summed E-state index contributed by atoms with van der Waals surface area (Å²) in [6.07, 6.45) is 0.753. The molecule has 9 nitrogen and oxygen atoms in total. The first-order valence-corrected chi connectivity index (χ1v) is 14.9. The van der Waals surface area contributed by atoms with Crippen LogP contribution in [-0.4, -0.2) is 51.6 Å². The number of phenolic OH excluding ortho intramolecular Hbond substituents is 1. The van der Waals surface area contributed by atoms with Crippen molar-refractivity contribution < 1.29 is 24.2 Å². The first kappa shape index (κ1) is 25.4. The fraction of sp³-hybridized carbons (Fsp3) is 0.379. The molecule has 1 aromatic heterocycles. The lowest BCUT2D eigenvalue weighted by molar-refractivity contribution is -0.143. The minimum absolute atomic E-state index is 0.0162. The molecule has 7 atom stereocenters. The van der Waals surface area contributed by atoms with Gasteiger partial charge >= 0.3 is 4.87 Å². The van der Waals surface area contributed by atoms with Crippen LogP contribution in [0.5, 0.6) is 11.5 Å². The molecule has 0 spiro atoms. The van der Waals surface area contributed by atoms with Crippen molar-refractivity contribution in [2.75, 3.05) is 19.0 Å². The van der Waals surface area contributed by atoms with E-state index in [1.54, 1.807) is 36.0 Å². The van der Waals surface area contributed by atoms with Crippen LogP contribution in [-0.2, 0) is 14.4 Å². The fourth-order valence-corrected chi connectivity index (χ4v) is 10.4. The maximum absolute atomic E-state index is 13.7. The molecular formula is C29H27N3O6S2. The Balaban J connectivity index is 1.20. The number of aryl methyl sites for hydroxylation is 1. The molecule has 0 radical (unpaired) electrons. The number of thioether (sulfide) groups is 1. The number of nitrogens with zero attached hydrogens (tertiary/aromatic N) is 1. The maximum Gasteiger partial charge on any atom is 0.305 e. The van der Waals surface area contributed by atoms with Crippen LogP contribution in [0.25, 0.3) is 0 Å². The largest absolute Gasteiger partial charge is 0.504 e. The predicted octanol–water partition coefficient (Wildman–Crippen LogP) is 3.57. The van der Waals surface area contributed by atoms with Gasteiger partial charge in [-0.25, -0.2) is 0 Å². The number of imide groups is 1. The fourth-order valence-electron chi connectivity index (χ4n) is 7.48. The Bertz CT molecular complexity index is 1610. The number of likely N-dealkylation sites (tertiary alicyclic amines) is 1. The average molecular weight is 578 g/mol. The van der Waals surface area contributed by atoms with Gasteiger partial charge in [-0.1, -0.05) is 35.1 Å². The van der Waals surface area contributed by atoms with E-state index < -0.39 is 17.7 Å². The van der Waals surface area contributed by atoms with E-state index in [0.717, 1.165) is 32.4 Å². The minimum Gasteiger partial charge on any atom is -0.504 e. The molecule has 2 aliphatic heterocycles. The summed E-state index contributed by atoms with van der Waals surface area (Å²) in [4.78, 5) is 57.6. The van der Waals surface area contributed by atoms with Gasteiger partial charge in [-0.05, 0) is 60.9 Å². The van der Waals surface area contributed by atoms with Gasteiger partial charge in [0.15, 0.2) is 11.5 Å². The summed E-state index contributed by atoms with van der Waals surface area (Å²) in [5.74, 6) is -1.79. The van der Waals surface area contributed by atoms with E-state index >= 15 is 0 Å². The van der Waals surface area contributed by atoms with E-state index in [9.17, 15) is 24.3 Å². The van der Waals surface area contributed by atoms with Gasteiger partial charge in [-0.3, -0.25) is 24.1 Å². The third-order valence-corrected chi connectivity index (χ3v) is 11.6. The lowest BCUT2D eigenvalue weighted by Gasteiger charge is -2.43. The Morgan fingerprint density at radius 3 is 2.55 bits per heavy atom. The number of aromatic amines is 1. The van der Waals surface area contributed by atoms with Crippen molar-refractivity contribution >= 4 is 46.5 Å². The highest BCUT2D eigenvalue weighted by Gasteiger charge is 2.69. The zero-order chi connectivity index (χ0) is 27.9. The van der Waals surface area contributed by atoms with Gasteiger partial charge in [0, 0.05) is 21.7 Å². The molecule has 7 rings (SSSR count). The van der Waals surface area contributed by atoms with Crippen molar-refractivity contribution in [3.8, 4) is 11.5 Å². The number of amides is 3. The van der Waals surface area contributed by atoms with Crippen LogP contribution in [0.3, 0.4) is 0 Å². The van der Waals surface area contributed by atoms with Gasteiger partial charge in [0.1, 0.15) is 6.54 Å². The van der Waals surface area contributed by atoms with Crippen LogP contribution in [0, 0.1) is 36.5 Å². The van der Waals surface area contributed by atoms with Crippen molar-refractivity contribution in [2.45, 2.75) is 29.5 Å². The molecule has 206 valence electrons. The highest BCUT2D eigenvalue weighted by molar-refractivity contribution is 8.00. The first-order chi connectivity index (χ1) is 19.2. The van der Waals surface area contributed by atoms with Crippen molar-refractivity contribution in [1.82, 2.24) is 9.88 Å². The van der Waals surface area contributed by atoms with Crippen molar-refractivity contribution in [3.63, 3.8) is 0 Å². The van der Waals surface area contributed by atoms with Gasteiger partial charge in [-0.15, -0.1) is 11.8 Å². The summed E-state index contributed by atoms with van der Waals surface area (Å²) < 4.78 is 5.38. The molecule has 2 saturated carbocycles. The molecule has 3 amide bonds. The number of thiazole rings is 1. The Morgan fingerprint density at radius 1 is 1.10 bits per heavy atom. The molecule has 3 N–H and O–H groups in total. The van der Waals surface area contributed by atoms with Crippen molar-refractivity contribution in [2.24, 2.45) is 29.6 Å². The number of hydrogen-bond acceptors (Lipinski definition) is 8. The van der Waals surface area contributed by atoms with Gasteiger partial charge in [0.05, 0.1) is 24.0 Å². The molecule has 40 heavy (non-hydrogen) atoms. The molecule has 2 aromatic carbocycles. The van der Waals surface area contributed by atoms with E-state index in [0.29, 0.717) is 11.4 Å². The predicted molar refractivity (Wildman–Crippen MR) is 150 cm³/mol. The second kappa shape index (κ2) is 9.24. The van der Waals surface area contributed by atoms with Gasteiger partial charge in [-0.2, -0.15) is 0 Å². The molecule has 3 aromatic rings. The lowest BCUT2D eigenvalue weighted by Crippen LogP contribution is -2.42. The third-order valence-electron chi connectivity index (χ3n) is 9.02.